The van der Waals surface area contributed by atoms with E-state index in [0.29, 0.717) is 31.1 Å². The third-order valence-corrected chi connectivity index (χ3v) is 6.31. The van der Waals surface area contributed by atoms with Gasteiger partial charge in [-0.15, -0.1) is 0 Å². The van der Waals surface area contributed by atoms with Gasteiger partial charge in [-0.1, -0.05) is 12.1 Å². The molecule has 1 amide bonds. The van der Waals surface area contributed by atoms with Crippen molar-refractivity contribution >= 4 is 27.7 Å². The highest BCUT2D eigenvalue weighted by atomic mass is 32.2. The number of carbonyl (C=O) groups is 1. The molecule has 0 unspecified atom stereocenters. The number of benzene rings is 2. The van der Waals surface area contributed by atoms with Gasteiger partial charge in [0.05, 0.1) is 30.4 Å². The maximum absolute atomic E-state index is 13.0. The molecular weight excluding hydrogens is 411 g/mol. The molecule has 160 valence electrons. The summed E-state index contributed by atoms with van der Waals surface area (Å²) in [6.07, 6.45) is 2.82. The van der Waals surface area contributed by atoms with E-state index in [9.17, 15) is 17.6 Å². The van der Waals surface area contributed by atoms with Crippen LogP contribution < -0.4 is 10.1 Å². The van der Waals surface area contributed by atoms with E-state index in [1.54, 1.807) is 19.1 Å². The quantitative estimate of drug-likeness (QED) is 0.678. The topological polar surface area (TPSA) is 84.9 Å². The summed E-state index contributed by atoms with van der Waals surface area (Å²) in [4.78, 5) is 12.4. The fourth-order valence-electron chi connectivity index (χ4n) is 2.90. The standard InChI is InChI=1S/C21H23FN2O5S/c1-2-29-20-9-8-18(30(26,27)24-11-13-28-14-12-24)15-19(20)23-21(25)10-5-16-3-6-17(22)7-4-16/h3-10,15H,2,11-14H2,1H3,(H,23,25)/b10-5+. The minimum atomic E-state index is -3.72. The van der Waals surface area contributed by atoms with Crippen molar-refractivity contribution < 1.29 is 27.1 Å². The Balaban J connectivity index is 1.82. The minimum absolute atomic E-state index is 0.0608. The Morgan fingerprint density at radius 1 is 1.20 bits per heavy atom. The third-order valence-electron chi connectivity index (χ3n) is 4.41. The van der Waals surface area contributed by atoms with Gasteiger partial charge in [0.15, 0.2) is 0 Å². The number of anilines is 1. The third kappa shape index (κ3) is 5.44. The SMILES string of the molecule is CCOc1ccc(S(=O)(=O)N2CCOCC2)cc1NC(=O)/C=C/c1ccc(F)cc1. The summed E-state index contributed by atoms with van der Waals surface area (Å²) in [6, 6.07) is 10.0. The van der Waals surface area contributed by atoms with Gasteiger partial charge in [0.2, 0.25) is 15.9 Å². The van der Waals surface area contributed by atoms with E-state index >= 15 is 0 Å². The number of halogens is 1. The molecule has 0 radical (unpaired) electrons. The van der Waals surface area contributed by atoms with Crippen molar-refractivity contribution in [2.24, 2.45) is 0 Å². The molecule has 3 rings (SSSR count). The summed E-state index contributed by atoms with van der Waals surface area (Å²) < 4.78 is 50.9. The van der Waals surface area contributed by atoms with E-state index in [2.05, 4.69) is 5.32 Å². The minimum Gasteiger partial charge on any atom is -0.492 e. The number of morpholine rings is 1. The summed E-state index contributed by atoms with van der Waals surface area (Å²) in [5.74, 6) is -0.473. The molecule has 0 saturated carbocycles. The van der Waals surface area contributed by atoms with E-state index in [1.165, 1.54) is 46.8 Å². The number of ether oxygens (including phenoxy) is 2. The molecule has 1 heterocycles. The molecule has 0 aliphatic carbocycles. The van der Waals surface area contributed by atoms with Crippen molar-refractivity contribution in [3.63, 3.8) is 0 Å². The van der Waals surface area contributed by atoms with E-state index in [1.807, 2.05) is 0 Å². The van der Waals surface area contributed by atoms with Crippen LogP contribution in [0.15, 0.2) is 53.4 Å². The smallest absolute Gasteiger partial charge is 0.248 e. The molecule has 1 aliphatic heterocycles. The highest BCUT2D eigenvalue weighted by Crippen LogP contribution is 2.29. The summed E-state index contributed by atoms with van der Waals surface area (Å²) in [6.45, 7) is 3.37. The van der Waals surface area contributed by atoms with Crippen molar-refractivity contribution in [2.75, 3.05) is 38.2 Å². The molecule has 2 aromatic carbocycles. The normalized spacial score (nSPS) is 15.3. The zero-order chi connectivity index (χ0) is 21.6. The van der Waals surface area contributed by atoms with Gasteiger partial charge in [-0.25, -0.2) is 12.8 Å². The largest absolute Gasteiger partial charge is 0.492 e. The number of hydrogen-bond acceptors (Lipinski definition) is 5. The Labute approximate surface area is 175 Å². The van der Waals surface area contributed by atoms with Crippen LogP contribution in [-0.4, -0.2) is 51.5 Å². The lowest BCUT2D eigenvalue weighted by Crippen LogP contribution is -2.40. The molecule has 9 heteroatoms. The van der Waals surface area contributed by atoms with Crippen molar-refractivity contribution in [3.8, 4) is 5.75 Å². The molecule has 0 bridgehead atoms. The van der Waals surface area contributed by atoms with Gasteiger partial charge in [0, 0.05) is 19.2 Å². The maximum Gasteiger partial charge on any atom is 0.248 e. The average molecular weight is 434 g/mol. The number of nitrogens with zero attached hydrogens (tertiary/aromatic N) is 1. The fraction of sp³-hybridized carbons (Fsp3) is 0.286. The van der Waals surface area contributed by atoms with Crippen LogP contribution in [0.2, 0.25) is 0 Å². The number of nitrogens with one attached hydrogen (secondary N) is 1. The predicted molar refractivity (Wildman–Crippen MR) is 111 cm³/mol. The molecule has 30 heavy (non-hydrogen) atoms. The summed E-state index contributed by atoms with van der Waals surface area (Å²) in [5.41, 5.74) is 0.903. The second-order valence-electron chi connectivity index (χ2n) is 6.48. The maximum atomic E-state index is 13.0. The zero-order valence-corrected chi connectivity index (χ0v) is 17.3. The highest BCUT2D eigenvalue weighted by molar-refractivity contribution is 7.89. The van der Waals surface area contributed by atoms with Crippen LogP contribution in [0.25, 0.3) is 6.08 Å². The molecule has 1 fully saturated rings. The Morgan fingerprint density at radius 2 is 1.90 bits per heavy atom. The Hall–Kier alpha value is -2.75. The molecule has 7 nitrogen and oxygen atoms in total. The summed E-state index contributed by atoms with van der Waals surface area (Å²) in [7, 11) is -3.72. The van der Waals surface area contributed by atoms with Crippen LogP contribution in [0, 0.1) is 5.82 Å². The van der Waals surface area contributed by atoms with Gasteiger partial charge >= 0.3 is 0 Å². The lowest BCUT2D eigenvalue weighted by Gasteiger charge is -2.26. The molecule has 1 N–H and O–H groups in total. The predicted octanol–water partition coefficient (Wildman–Crippen LogP) is 2.90. The summed E-state index contributed by atoms with van der Waals surface area (Å²) in [5, 5.41) is 2.66. The highest BCUT2D eigenvalue weighted by Gasteiger charge is 2.27. The number of rotatable bonds is 7. The van der Waals surface area contributed by atoms with Crippen molar-refractivity contribution in [1.29, 1.82) is 0 Å². The lowest BCUT2D eigenvalue weighted by atomic mass is 10.2. The van der Waals surface area contributed by atoms with Gasteiger partial charge in [-0.05, 0) is 48.9 Å². The van der Waals surface area contributed by atoms with Crippen LogP contribution in [0.4, 0.5) is 10.1 Å². The first kappa shape index (κ1) is 21.9. The van der Waals surface area contributed by atoms with E-state index in [-0.39, 0.29) is 29.5 Å². The number of sulfonamides is 1. The first-order chi connectivity index (χ1) is 14.4. The van der Waals surface area contributed by atoms with Gasteiger partial charge in [0.25, 0.3) is 0 Å². The first-order valence-corrected chi connectivity index (χ1v) is 10.9. The Kier molecular flexibility index (Phi) is 7.20. The van der Waals surface area contributed by atoms with Gasteiger partial charge in [-0.2, -0.15) is 4.31 Å². The number of carbonyl (C=O) groups excluding carboxylic acids is 1. The fourth-order valence-corrected chi connectivity index (χ4v) is 4.34. The monoisotopic (exact) mass is 434 g/mol. The van der Waals surface area contributed by atoms with Crippen LogP contribution >= 0.6 is 0 Å². The van der Waals surface area contributed by atoms with Crippen molar-refractivity contribution in [3.05, 3.63) is 59.9 Å². The van der Waals surface area contributed by atoms with Crippen LogP contribution in [-0.2, 0) is 19.6 Å². The van der Waals surface area contributed by atoms with Gasteiger partial charge in [-0.3, -0.25) is 4.79 Å². The zero-order valence-electron chi connectivity index (χ0n) is 16.5. The van der Waals surface area contributed by atoms with Crippen LogP contribution in [0.1, 0.15) is 12.5 Å². The van der Waals surface area contributed by atoms with Crippen LogP contribution in [0.3, 0.4) is 0 Å². The second kappa shape index (κ2) is 9.84. The molecule has 0 spiro atoms. The Bertz CT molecular complexity index is 1020. The molecular formula is C21H23FN2O5S. The van der Waals surface area contributed by atoms with Crippen LogP contribution in [0.5, 0.6) is 5.75 Å². The van der Waals surface area contributed by atoms with Gasteiger partial charge in [0.1, 0.15) is 11.6 Å². The number of hydrogen-bond donors (Lipinski definition) is 1. The molecule has 2 aromatic rings. The second-order valence-corrected chi connectivity index (χ2v) is 8.42. The molecule has 0 atom stereocenters. The number of amides is 1. The first-order valence-electron chi connectivity index (χ1n) is 9.49. The molecule has 1 saturated heterocycles. The molecule has 1 aliphatic rings. The lowest BCUT2D eigenvalue weighted by molar-refractivity contribution is -0.111. The van der Waals surface area contributed by atoms with E-state index in [0.717, 1.165) is 0 Å². The van der Waals surface area contributed by atoms with E-state index < -0.39 is 15.9 Å². The van der Waals surface area contributed by atoms with Crippen molar-refractivity contribution in [1.82, 2.24) is 4.31 Å². The Morgan fingerprint density at radius 3 is 2.57 bits per heavy atom. The molecule has 0 aromatic heterocycles. The van der Waals surface area contributed by atoms with E-state index in [4.69, 9.17) is 9.47 Å². The van der Waals surface area contributed by atoms with Crippen molar-refractivity contribution in [2.45, 2.75) is 11.8 Å². The average Bonchev–Trinajstić information content (AvgIpc) is 2.75. The summed E-state index contributed by atoms with van der Waals surface area (Å²) >= 11 is 0. The van der Waals surface area contributed by atoms with Gasteiger partial charge < -0.3 is 14.8 Å².